The number of hydrogen-bond donors (Lipinski definition) is 3. The van der Waals surface area contributed by atoms with Gasteiger partial charge in [0.25, 0.3) is 0 Å². The van der Waals surface area contributed by atoms with Crippen molar-refractivity contribution >= 4 is 17.3 Å². The second kappa shape index (κ2) is 7.63. The molecule has 0 aliphatic carbocycles. The van der Waals surface area contributed by atoms with Gasteiger partial charge in [0.05, 0.1) is 5.56 Å². The predicted molar refractivity (Wildman–Crippen MR) is 78.7 cm³/mol. The zero-order valence-electron chi connectivity index (χ0n) is 11.6. The summed E-state index contributed by atoms with van der Waals surface area (Å²) in [5.41, 5.74) is 6.84. The summed E-state index contributed by atoms with van der Waals surface area (Å²) in [6.45, 7) is 8.27. The lowest BCUT2D eigenvalue weighted by Gasteiger charge is -2.18. The van der Waals surface area contributed by atoms with Crippen molar-refractivity contribution in [1.29, 1.82) is 0 Å². The van der Waals surface area contributed by atoms with Gasteiger partial charge in [-0.25, -0.2) is 4.79 Å². The smallest absolute Gasteiger partial charge is 0.337 e. The van der Waals surface area contributed by atoms with Gasteiger partial charge in [-0.1, -0.05) is 13.8 Å². The fourth-order valence-corrected chi connectivity index (χ4v) is 1.93. The monoisotopic (exact) mass is 265 g/mol. The molecule has 0 bridgehead atoms. The number of rotatable bonds is 8. The van der Waals surface area contributed by atoms with E-state index in [-0.39, 0.29) is 5.56 Å². The number of aromatic carboxylic acids is 1. The SMILES string of the molecule is CCN(CC)CCCNc1ccc(N)c(C(=O)O)c1. The second-order valence-corrected chi connectivity index (χ2v) is 4.41. The first-order valence-corrected chi connectivity index (χ1v) is 6.67. The normalized spacial score (nSPS) is 10.7. The van der Waals surface area contributed by atoms with E-state index in [1.165, 1.54) is 0 Å². The summed E-state index contributed by atoms with van der Waals surface area (Å²) in [7, 11) is 0. The summed E-state index contributed by atoms with van der Waals surface area (Å²) in [5.74, 6) is -0.996. The van der Waals surface area contributed by atoms with Crippen LogP contribution in [0.25, 0.3) is 0 Å². The fraction of sp³-hybridized carbons (Fsp3) is 0.500. The molecule has 0 aliphatic heterocycles. The molecule has 4 N–H and O–H groups in total. The van der Waals surface area contributed by atoms with Gasteiger partial charge in [-0.2, -0.15) is 0 Å². The largest absolute Gasteiger partial charge is 0.478 e. The van der Waals surface area contributed by atoms with E-state index < -0.39 is 5.97 Å². The van der Waals surface area contributed by atoms with Crippen molar-refractivity contribution in [2.45, 2.75) is 20.3 Å². The molecule has 1 aromatic rings. The predicted octanol–water partition coefficient (Wildman–Crippen LogP) is 2.11. The molecule has 0 aromatic heterocycles. The minimum Gasteiger partial charge on any atom is -0.478 e. The first-order chi connectivity index (χ1) is 9.08. The van der Waals surface area contributed by atoms with Crippen LogP contribution in [0.1, 0.15) is 30.6 Å². The van der Waals surface area contributed by atoms with E-state index in [0.29, 0.717) is 5.69 Å². The lowest BCUT2D eigenvalue weighted by atomic mass is 10.1. The van der Waals surface area contributed by atoms with E-state index in [1.807, 2.05) is 0 Å². The molecule has 0 radical (unpaired) electrons. The number of anilines is 2. The first-order valence-electron chi connectivity index (χ1n) is 6.67. The number of nitrogens with one attached hydrogen (secondary N) is 1. The molecule has 0 amide bonds. The summed E-state index contributed by atoms with van der Waals surface area (Å²) in [4.78, 5) is 13.3. The number of carbonyl (C=O) groups is 1. The van der Waals surface area contributed by atoms with Crippen molar-refractivity contribution in [2.75, 3.05) is 37.2 Å². The Hall–Kier alpha value is -1.75. The molecule has 1 aromatic carbocycles. The van der Waals surface area contributed by atoms with Crippen LogP contribution >= 0.6 is 0 Å². The van der Waals surface area contributed by atoms with E-state index in [0.717, 1.165) is 38.3 Å². The van der Waals surface area contributed by atoms with Crippen molar-refractivity contribution in [3.63, 3.8) is 0 Å². The van der Waals surface area contributed by atoms with Crippen LogP contribution in [0.5, 0.6) is 0 Å². The molecule has 0 saturated heterocycles. The van der Waals surface area contributed by atoms with Gasteiger partial charge in [-0.15, -0.1) is 0 Å². The Kier molecular flexibility index (Phi) is 6.15. The third-order valence-electron chi connectivity index (χ3n) is 3.16. The highest BCUT2D eigenvalue weighted by Crippen LogP contribution is 2.17. The highest BCUT2D eigenvalue weighted by Gasteiger charge is 2.08. The van der Waals surface area contributed by atoms with Crippen molar-refractivity contribution in [1.82, 2.24) is 4.90 Å². The molecule has 106 valence electrons. The maximum Gasteiger partial charge on any atom is 0.337 e. The lowest BCUT2D eigenvalue weighted by molar-refractivity contribution is 0.0698. The average Bonchev–Trinajstić information content (AvgIpc) is 2.40. The third kappa shape index (κ3) is 4.79. The third-order valence-corrected chi connectivity index (χ3v) is 3.16. The molecule has 5 nitrogen and oxygen atoms in total. The number of benzene rings is 1. The van der Waals surface area contributed by atoms with Crippen molar-refractivity contribution in [2.24, 2.45) is 0 Å². The molecular formula is C14H23N3O2. The lowest BCUT2D eigenvalue weighted by Crippen LogP contribution is -2.25. The number of carboxylic acids is 1. The number of nitrogens with two attached hydrogens (primary N) is 1. The van der Waals surface area contributed by atoms with E-state index in [1.54, 1.807) is 18.2 Å². The molecular weight excluding hydrogens is 242 g/mol. The zero-order chi connectivity index (χ0) is 14.3. The summed E-state index contributed by atoms with van der Waals surface area (Å²) < 4.78 is 0. The molecule has 0 fully saturated rings. The van der Waals surface area contributed by atoms with Crippen LogP contribution in [0.3, 0.4) is 0 Å². The van der Waals surface area contributed by atoms with Gasteiger partial charge in [0.1, 0.15) is 0 Å². The number of nitrogen functional groups attached to an aromatic ring is 1. The van der Waals surface area contributed by atoms with Crippen LogP contribution < -0.4 is 11.1 Å². The Morgan fingerprint density at radius 3 is 2.63 bits per heavy atom. The van der Waals surface area contributed by atoms with Crippen LogP contribution in [0.15, 0.2) is 18.2 Å². The number of carboxylic acid groups (broad SMARTS) is 1. The van der Waals surface area contributed by atoms with Crippen molar-refractivity contribution < 1.29 is 9.90 Å². The van der Waals surface area contributed by atoms with Gasteiger partial charge in [-0.05, 0) is 44.3 Å². The average molecular weight is 265 g/mol. The van der Waals surface area contributed by atoms with Crippen LogP contribution in [0.4, 0.5) is 11.4 Å². The molecule has 1 rings (SSSR count). The first kappa shape index (κ1) is 15.3. The van der Waals surface area contributed by atoms with E-state index >= 15 is 0 Å². The molecule has 5 heteroatoms. The highest BCUT2D eigenvalue weighted by molar-refractivity contribution is 5.94. The van der Waals surface area contributed by atoms with Crippen LogP contribution in [0.2, 0.25) is 0 Å². The number of nitrogens with zero attached hydrogens (tertiary/aromatic N) is 1. The fourth-order valence-electron chi connectivity index (χ4n) is 1.93. The Morgan fingerprint density at radius 2 is 2.05 bits per heavy atom. The maximum absolute atomic E-state index is 11.0. The van der Waals surface area contributed by atoms with Gasteiger partial charge >= 0.3 is 5.97 Å². The van der Waals surface area contributed by atoms with E-state index in [4.69, 9.17) is 10.8 Å². The molecule has 0 heterocycles. The quantitative estimate of drug-likeness (QED) is 0.495. The molecule has 19 heavy (non-hydrogen) atoms. The topological polar surface area (TPSA) is 78.6 Å². The number of hydrogen-bond acceptors (Lipinski definition) is 4. The van der Waals surface area contributed by atoms with Crippen molar-refractivity contribution in [3.05, 3.63) is 23.8 Å². The minimum absolute atomic E-state index is 0.147. The highest BCUT2D eigenvalue weighted by atomic mass is 16.4. The summed E-state index contributed by atoms with van der Waals surface area (Å²) in [6.07, 6.45) is 1.02. The van der Waals surface area contributed by atoms with Crippen LogP contribution in [0, 0.1) is 0 Å². The maximum atomic E-state index is 11.0. The standard InChI is InChI=1S/C14H23N3O2/c1-3-17(4-2)9-5-8-16-11-6-7-13(15)12(10-11)14(18)19/h6-7,10,16H,3-5,8-9,15H2,1-2H3,(H,18,19). The zero-order valence-corrected chi connectivity index (χ0v) is 11.6. The molecule has 0 spiro atoms. The van der Waals surface area contributed by atoms with E-state index in [9.17, 15) is 4.79 Å². The molecule has 0 aliphatic rings. The van der Waals surface area contributed by atoms with Crippen molar-refractivity contribution in [3.8, 4) is 0 Å². The Morgan fingerprint density at radius 1 is 1.37 bits per heavy atom. The summed E-state index contributed by atoms with van der Waals surface area (Å²) in [5, 5.41) is 12.2. The van der Waals surface area contributed by atoms with Gasteiger partial charge in [0, 0.05) is 17.9 Å². The Labute approximate surface area is 114 Å². The molecule has 0 saturated carbocycles. The second-order valence-electron chi connectivity index (χ2n) is 4.41. The van der Waals surface area contributed by atoms with Gasteiger partial charge in [0.2, 0.25) is 0 Å². The van der Waals surface area contributed by atoms with Gasteiger partial charge in [0.15, 0.2) is 0 Å². The van der Waals surface area contributed by atoms with Crippen LogP contribution in [-0.4, -0.2) is 42.2 Å². The molecule has 0 atom stereocenters. The minimum atomic E-state index is -0.996. The summed E-state index contributed by atoms with van der Waals surface area (Å²) >= 11 is 0. The van der Waals surface area contributed by atoms with Gasteiger partial charge < -0.3 is 21.1 Å². The van der Waals surface area contributed by atoms with E-state index in [2.05, 4.69) is 24.1 Å². The van der Waals surface area contributed by atoms with Crippen LogP contribution in [-0.2, 0) is 0 Å². The molecule has 0 unspecified atom stereocenters. The Balaban J connectivity index is 2.46. The Bertz CT molecular complexity index is 417. The summed E-state index contributed by atoms with van der Waals surface area (Å²) in [6, 6.07) is 5.00. The van der Waals surface area contributed by atoms with Gasteiger partial charge in [-0.3, -0.25) is 0 Å².